The first-order chi connectivity index (χ1) is 14.5. The van der Waals surface area contributed by atoms with Crippen LogP contribution in [0.3, 0.4) is 0 Å². The summed E-state index contributed by atoms with van der Waals surface area (Å²) in [5.74, 6) is 1.17. The zero-order valence-corrected chi connectivity index (χ0v) is 18.5. The van der Waals surface area contributed by atoms with Crippen molar-refractivity contribution in [3.63, 3.8) is 0 Å². The molecule has 1 aromatic carbocycles. The fraction of sp³-hybridized carbons (Fsp3) is 0.450. The minimum Gasteiger partial charge on any atom is -0.324 e. The second kappa shape index (κ2) is 8.91. The summed E-state index contributed by atoms with van der Waals surface area (Å²) < 4.78 is 29.2. The zero-order valence-electron chi connectivity index (χ0n) is 16.9. The molecule has 8 nitrogen and oxygen atoms in total. The Labute approximate surface area is 180 Å². The zero-order chi connectivity index (χ0) is 21.1. The molecular formula is C20H25N5O3S2. The van der Waals surface area contributed by atoms with Crippen LogP contribution in [0.4, 0.5) is 0 Å². The summed E-state index contributed by atoms with van der Waals surface area (Å²) in [5, 5.41) is 5.33. The third-order valence-electron chi connectivity index (χ3n) is 5.27. The van der Waals surface area contributed by atoms with Gasteiger partial charge in [0.15, 0.2) is 11.0 Å². The number of rotatable bonds is 7. The van der Waals surface area contributed by atoms with Crippen molar-refractivity contribution in [2.45, 2.75) is 43.8 Å². The maximum atomic E-state index is 13.2. The maximum absolute atomic E-state index is 13.2. The van der Waals surface area contributed by atoms with Crippen molar-refractivity contribution in [1.29, 1.82) is 0 Å². The van der Waals surface area contributed by atoms with Gasteiger partial charge in [0.1, 0.15) is 5.56 Å². The van der Waals surface area contributed by atoms with Crippen LogP contribution in [0.15, 0.2) is 40.3 Å². The number of benzene rings is 1. The fourth-order valence-corrected chi connectivity index (χ4v) is 5.61. The van der Waals surface area contributed by atoms with Crippen molar-refractivity contribution in [2.24, 2.45) is 0 Å². The van der Waals surface area contributed by atoms with E-state index in [0.717, 1.165) is 48.8 Å². The Morgan fingerprint density at radius 2 is 1.97 bits per heavy atom. The second-order valence-corrected chi connectivity index (χ2v) is 10.4. The number of fused-ring (bicyclic) bond motifs is 3. The van der Waals surface area contributed by atoms with Crippen molar-refractivity contribution >= 4 is 21.8 Å². The van der Waals surface area contributed by atoms with Crippen molar-refractivity contribution in [3.05, 3.63) is 46.4 Å². The molecule has 0 saturated carbocycles. The first-order valence-corrected chi connectivity index (χ1v) is 12.8. The number of nitrogens with zero attached hydrogens (tertiary/aromatic N) is 4. The lowest BCUT2D eigenvalue weighted by atomic mass is 10.1. The number of aromatic nitrogens is 4. The summed E-state index contributed by atoms with van der Waals surface area (Å²) in [5.41, 5.74) is 2.18. The highest BCUT2D eigenvalue weighted by Gasteiger charge is 2.27. The van der Waals surface area contributed by atoms with E-state index in [1.165, 1.54) is 23.5 Å². The Kier molecular flexibility index (Phi) is 6.26. The van der Waals surface area contributed by atoms with E-state index in [9.17, 15) is 13.2 Å². The molecule has 160 valence electrons. The third kappa shape index (κ3) is 4.30. The highest BCUT2D eigenvalue weighted by atomic mass is 32.2. The lowest BCUT2D eigenvalue weighted by Gasteiger charge is -2.17. The van der Waals surface area contributed by atoms with E-state index in [-0.39, 0.29) is 11.3 Å². The molecule has 3 aliphatic rings. The van der Waals surface area contributed by atoms with Gasteiger partial charge in [-0.1, -0.05) is 36.4 Å². The monoisotopic (exact) mass is 447 g/mol. The predicted molar refractivity (Wildman–Crippen MR) is 118 cm³/mol. The third-order valence-corrected chi connectivity index (χ3v) is 7.78. The number of hydrogen-bond acceptors (Lipinski definition) is 6. The number of hydrogen-bond donors (Lipinski definition) is 1. The molecule has 0 aliphatic carbocycles. The van der Waals surface area contributed by atoms with Gasteiger partial charge in [-0.2, -0.15) is 4.68 Å². The smallest absolute Gasteiger partial charge is 0.284 e. The molecule has 1 aromatic rings. The molecule has 0 amide bonds. The van der Waals surface area contributed by atoms with Crippen LogP contribution in [0.2, 0.25) is 0 Å². The number of thioether (sulfide) groups is 1. The molecule has 0 spiro atoms. The standard InChI is InChI=1S/C20H25N5O3S2/c1-21-30(27,28)14-8-13-29-20-22-18-17(16-11-6-3-7-12-24(16)20)19(26)25(23-18)15-9-4-2-5-10-15/h2,4-5,9-10,21H,3,6-8,11-14H2,1H3. The summed E-state index contributed by atoms with van der Waals surface area (Å²) in [6, 6.07) is 9.38. The van der Waals surface area contributed by atoms with E-state index in [2.05, 4.69) is 14.4 Å². The van der Waals surface area contributed by atoms with Crippen LogP contribution in [0.1, 0.15) is 31.4 Å². The van der Waals surface area contributed by atoms with Gasteiger partial charge >= 0.3 is 0 Å². The summed E-state index contributed by atoms with van der Waals surface area (Å²) in [7, 11) is -1.78. The lowest BCUT2D eigenvalue weighted by molar-refractivity contribution is 0.571. The average molecular weight is 448 g/mol. The number of para-hydroxylation sites is 1. The highest BCUT2D eigenvalue weighted by molar-refractivity contribution is 7.99. The Morgan fingerprint density at radius 1 is 1.17 bits per heavy atom. The largest absolute Gasteiger partial charge is 0.324 e. The SMILES string of the molecule is CNS(=O)(=O)CCCSc1nc2nn(-c3ccccc3)c(=O)c-2c2n1CCCCC2. The van der Waals surface area contributed by atoms with Gasteiger partial charge < -0.3 is 4.57 Å². The van der Waals surface area contributed by atoms with Crippen LogP contribution in [0.25, 0.3) is 17.1 Å². The normalized spacial score (nSPS) is 14.6. The van der Waals surface area contributed by atoms with E-state index in [1.807, 2.05) is 30.3 Å². The molecule has 1 N–H and O–H groups in total. The molecule has 0 atom stereocenters. The van der Waals surface area contributed by atoms with Crippen LogP contribution in [0.5, 0.6) is 0 Å². The van der Waals surface area contributed by atoms with Gasteiger partial charge in [-0.05, 0) is 44.9 Å². The molecule has 0 saturated heterocycles. The number of sulfonamides is 1. The first kappa shape index (κ1) is 21.1. The second-order valence-electron chi connectivity index (χ2n) is 7.28. The van der Waals surface area contributed by atoms with E-state index in [0.29, 0.717) is 23.6 Å². The summed E-state index contributed by atoms with van der Waals surface area (Å²) in [6.07, 6.45) is 4.51. The quantitative estimate of drug-likeness (QED) is 0.339. The van der Waals surface area contributed by atoms with Crippen LogP contribution in [-0.4, -0.2) is 46.3 Å². The summed E-state index contributed by atoms with van der Waals surface area (Å²) in [4.78, 5) is 17.9. The van der Waals surface area contributed by atoms with E-state index >= 15 is 0 Å². The Hall–Kier alpha value is -2.17. The Balaban J connectivity index is 1.71. The van der Waals surface area contributed by atoms with E-state index < -0.39 is 10.0 Å². The molecular weight excluding hydrogens is 422 g/mol. The molecule has 10 heteroatoms. The topological polar surface area (TPSA) is 98.9 Å². The van der Waals surface area contributed by atoms with Crippen molar-refractivity contribution in [1.82, 2.24) is 24.1 Å². The van der Waals surface area contributed by atoms with Crippen LogP contribution in [-0.2, 0) is 23.0 Å². The lowest BCUT2D eigenvalue weighted by Crippen LogP contribution is -2.22. The Bertz CT molecular complexity index is 1160. The maximum Gasteiger partial charge on any atom is 0.284 e. The molecule has 30 heavy (non-hydrogen) atoms. The van der Waals surface area contributed by atoms with Gasteiger partial charge in [-0.25, -0.2) is 18.1 Å². The van der Waals surface area contributed by atoms with Crippen molar-refractivity contribution in [3.8, 4) is 17.1 Å². The predicted octanol–water partition coefficient (Wildman–Crippen LogP) is 2.29. The van der Waals surface area contributed by atoms with Gasteiger partial charge in [0.2, 0.25) is 10.0 Å². The van der Waals surface area contributed by atoms with E-state index in [1.54, 1.807) is 0 Å². The van der Waals surface area contributed by atoms with Crippen LogP contribution < -0.4 is 10.3 Å². The minimum atomic E-state index is -3.21. The number of nitrogens with one attached hydrogen (secondary N) is 1. The molecule has 3 aliphatic heterocycles. The first-order valence-electron chi connectivity index (χ1n) is 10.1. The minimum absolute atomic E-state index is 0.0823. The van der Waals surface area contributed by atoms with Gasteiger partial charge in [0.05, 0.1) is 11.4 Å². The van der Waals surface area contributed by atoms with Gasteiger partial charge in [0, 0.05) is 18.0 Å². The summed E-state index contributed by atoms with van der Waals surface area (Å²) >= 11 is 1.53. The molecule has 3 heterocycles. The average Bonchev–Trinajstić information content (AvgIpc) is 2.92. The van der Waals surface area contributed by atoms with E-state index in [4.69, 9.17) is 4.98 Å². The van der Waals surface area contributed by atoms with Crippen molar-refractivity contribution in [2.75, 3.05) is 18.6 Å². The molecule has 0 unspecified atom stereocenters. The van der Waals surface area contributed by atoms with Crippen LogP contribution >= 0.6 is 11.8 Å². The Morgan fingerprint density at radius 3 is 2.73 bits per heavy atom. The van der Waals surface area contributed by atoms with Crippen molar-refractivity contribution < 1.29 is 8.42 Å². The van der Waals surface area contributed by atoms with Gasteiger partial charge in [-0.3, -0.25) is 4.79 Å². The molecule has 0 bridgehead atoms. The summed E-state index contributed by atoms with van der Waals surface area (Å²) in [6.45, 7) is 0.811. The molecule has 4 rings (SSSR count). The fourth-order valence-electron chi connectivity index (χ4n) is 3.72. The van der Waals surface area contributed by atoms with Gasteiger partial charge in [0.25, 0.3) is 5.56 Å². The highest BCUT2D eigenvalue weighted by Crippen LogP contribution is 2.30. The van der Waals surface area contributed by atoms with Gasteiger partial charge in [-0.15, -0.1) is 5.10 Å². The molecule has 0 aromatic heterocycles. The van der Waals surface area contributed by atoms with Crippen LogP contribution in [0, 0.1) is 0 Å². The molecule has 0 radical (unpaired) electrons. The molecule has 0 fully saturated rings.